The van der Waals surface area contributed by atoms with Crippen molar-refractivity contribution in [2.24, 2.45) is 0 Å². The maximum absolute atomic E-state index is 13.5. The summed E-state index contributed by atoms with van der Waals surface area (Å²) in [5.74, 6) is -1.01. The minimum absolute atomic E-state index is 0.142. The number of rotatable bonds is 10. The number of carboxylic acid groups (broad SMARTS) is 1. The first kappa shape index (κ1) is 26.4. The fourth-order valence-corrected chi connectivity index (χ4v) is 4.39. The van der Waals surface area contributed by atoms with E-state index in [2.05, 4.69) is 15.5 Å². The van der Waals surface area contributed by atoms with Crippen LogP contribution in [0.1, 0.15) is 18.1 Å². The van der Waals surface area contributed by atoms with Gasteiger partial charge < -0.3 is 19.6 Å². The Balaban J connectivity index is 1.36. The van der Waals surface area contributed by atoms with Crippen LogP contribution in [-0.2, 0) is 22.4 Å². The Labute approximate surface area is 228 Å². The van der Waals surface area contributed by atoms with Crippen LogP contribution < -0.4 is 15.5 Å². The Hall–Kier alpha value is -5.25. The van der Waals surface area contributed by atoms with Gasteiger partial charge in [0.15, 0.2) is 12.4 Å². The van der Waals surface area contributed by atoms with Gasteiger partial charge >= 0.3 is 5.97 Å². The molecule has 0 saturated carbocycles. The Morgan fingerprint density at radius 3 is 2.50 bits per heavy atom. The van der Waals surface area contributed by atoms with E-state index in [-0.39, 0.29) is 23.0 Å². The number of aliphatic carboxylic acids is 1. The van der Waals surface area contributed by atoms with Gasteiger partial charge in [-0.15, -0.1) is 10.2 Å². The molecular formula is C30H26N4O6. The summed E-state index contributed by atoms with van der Waals surface area (Å²) in [5, 5.41) is 20.5. The van der Waals surface area contributed by atoms with Crippen molar-refractivity contribution < 1.29 is 23.8 Å². The quantitative estimate of drug-likeness (QED) is 0.274. The lowest BCUT2D eigenvalue weighted by molar-refractivity contribution is -0.142. The molecule has 10 nitrogen and oxygen atoms in total. The summed E-state index contributed by atoms with van der Waals surface area (Å²) < 4.78 is 13.3. The smallest absolute Gasteiger partial charge is 0.326 e. The zero-order valence-electron chi connectivity index (χ0n) is 21.6. The van der Waals surface area contributed by atoms with Gasteiger partial charge in [0.25, 0.3) is 5.91 Å². The highest BCUT2D eigenvalue weighted by Gasteiger charge is 2.22. The van der Waals surface area contributed by atoms with E-state index in [0.717, 1.165) is 11.3 Å². The largest absolute Gasteiger partial charge is 0.483 e. The molecule has 40 heavy (non-hydrogen) atoms. The maximum atomic E-state index is 13.5. The van der Waals surface area contributed by atoms with Crippen LogP contribution in [0.5, 0.6) is 5.75 Å². The molecule has 0 fully saturated rings. The number of hydrogen-bond acceptors (Lipinski definition) is 7. The number of hydrogen-bond donors (Lipinski definition) is 2. The van der Waals surface area contributed by atoms with Crippen LogP contribution in [0.2, 0.25) is 0 Å². The number of para-hydroxylation sites is 1. The Kier molecular flexibility index (Phi) is 7.68. The molecule has 0 radical (unpaired) electrons. The molecule has 1 amide bonds. The number of fused-ring (bicyclic) bond motifs is 1. The van der Waals surface area contributed by atoms with Gasteiger partial charge in [-0.05, 0) is 35.7 Å². The van der Waals surface area contributed by atoms with E-state index in [4.69, 9.17) is 9.15 Å². The van der Waals surface area contributed by atoms with Gasteiger partial charge in [0.2, 0.25) is 5.43 Å². The molecule has 0 aliphatic carbocycles. The molecule has 3 aromatic carbocycles. The van der Waals surface area contributed by atoms with Gasteiger partial charge in [0.05, 0.1) is 5.39 Å². The third-order valence-corrected chi connectivity index (χ3v) is 6.43. The summed E-state index contributed by atoms with van der Waals surface area (Å²) in [4.78, 5) is 37.8. The second kappa shape index (κ2) is 11.6. The van der Waals surface area contributed by atoms with Crippen LogP contribution in [-0.4, -0.2) is 44.4 Å². The van der Waals surface area contributed by atoms with Gasteiger partial charge in [-0.1, -0.05) is 55.5 Å². The predicted molar refractivity (Wildman–Crippen MR) is 147 cm³/mol. The minimum Gasteiger partial charge on any atom is -0.483 e. The number of ether oxygens (including phenoxy) is 1. The first-order valence-corrected chi connectivity index (χ1v) is 12.7. The highest BCUT2D eigenvalue weighted by Crippen LogP contribution is 2.27. The van der Waals surface area contributed by atoms with Crippen LogP contribution >= 0.6 is 0 Å². The number of amides is 1. The summed E-state index contributed by atoms with van der Waals surface area (Å²) in [6, 6.07) is 20.6. The van der Waals surface area contributed by atoms with Crippen molar-refractivity contribution in [3.8, 4) is 22.8 Å². The number of carbonyl (C=O) groups is 2. The van der Waals surface area contributed by atoms with Gasteiger partial charge in [-0.25, -0.2) is 4.79 Å². The topological polar surface area (TPSA) is 137 Å². The standard InChI is InChI=1S/C30H26N4O6/c1-2-20-14-22-26(39-16-23(28(22)36)29-33-31-18-34(29)21-11-7-4-8-12-21)15-25(20)40-17-27(35)32-24(30(37)38)13-19-9-5-3-6-10-19/h3-12,14-16,18,24H,2,13,17H2,1H3,(H,32,35)(H,37,38)/t24-/m0/s1. The average molecular weight is 539 g/mol. The normalized spacial score (nSPS) is 11.7. The lowest BCUT2D eigenvalue weighted by Gasteiger charge is -2.16. The van der Waals surface area contributed by atoms with Crippen molar-refractivity contribution in [2.75, 3.05) is 6.61 Å². The molecule has 5 aromatic rings. The molecule has 0 unspecified atom stereocenters. The zero-order chi connectivity index (χ0) is 28.1. The summed E-state index contributed by atoms with van der Waals surface area (Å²) in [6.45, 7) is 1.49. The van der Waals surface area contributed by atoms with Gasteiger partial charge in [-0.2, -0.15) is 0 Å². The molecule has 0 bridgehead atoms. The molecule has 202 valence electrons. The lowest BCUT2D eigenvalue weighted by Crippen LogP contribution is -2.44. The third-order valence-electron chi connectivity index (χ3n) is 6.43. The van der Waals surface area contributed by atoms with Crippen molar-refractivity contribution in [3.63, 3.8) is 0 Å². The van der Waals surface area contributed by atoms with E-state index in [1.54, 1.807) is 41.0 Å². The first-order chi connectivity index (χ1) is 19.4. The molecule has 0 aliphatic rings. The average Bonchev–Trinajstić information content (AvgIpc) is 3.46. The minimum atomic E-state index is -1.14. The molecular weight excluding hydrogens is 512 g/mol. The Morgan fingerprint density at radius 2 is 1.80 bits per heavy atom. The molecule has 0 spiro atoms. The summed E-state index contributed by atoms with van der Waals surface area (Å²) in [6.07, 6.45) is 3.52. The van der Waals surface area contributed by atoms with Crippen LogP contribution in [0.4, 0.5) is 0 Å². The van der Waals surface area contributed by atoms with Crippen LogP contribution in [0.3, 0.4) is 0 Å². The SMILES string of the molecule is CCc1cc2c(=O)c(-c3nncn3-c3ccccc3)coc2cc1OCC(=O)N[C@@H](Cc1ccccc1)C(=O)O. The number of nitrogens with zero attached hydrogens (tertiary/aromatic N) is 3. The van der Waals surface area contributed by atoms with Crippen molar-refractivity contribution >= 4 is 22.8 Å². The summed E-state index contributed by atoms with van der Waals surface area (Å²) >= 11 is 0. The molecule has 10 heteroatoms. The van der Waals surface area contributed by atoms with Crippen LogP contribution in [0.25, 0.3) is 28.0 Å². The van der Waals surface area contributed by atoms with Crippen LogP contribution in [0, 0.1) is 0 Å². The highest BCUT2D eigenvalue weighted by atomic mass is 16.5. The fourth-order valence-electron chi connectivity index (χ4n) is 4.39. The molecule has 5 rings (SSSR count). The van der Waals surface area contributed by atoms with E-state index in [1.807, 2.05) is 43.3 Å². The first-order valence-electron chi connectivity index (χ1n) is 12.7. The Morgan fingerprint density at radius 1 is 1.07 bits per heavy atom. The molecule has 2 aromatic heterocycles. The molecule has 2 heterocycles. The van der Waals surface area contributed by atoms with E-state index < -0.39 is 24.5 Å². The second-order valence-corrected chi connectivity index (χ2v) is 9.08. The van der Waals surface area contributed by atoms with E-state index in [1.165, 1.54) is 12.6 Å². The number of carboxylic acids is 1. The van der Waals surface area contributed by atoms with Crippen LogP contribution in [0.15, 0.2) is 94.6 Å². The highest BCUT2D eigenvalue weighted by molar-refractivity contribution is 5.85. The Bertz CT molecular complexity index is 1710. The molecule has 0 saturated heterocycles. The summed E-state index contributed by atoms with van der Waals surface area (Å²) in [7, 11) is 0. The zero-order valence-corrected chi connectivity index (χ0v) is 21.6. The van der Waals surface area contributed by atoms with Gasteiger partial charge in [0.1, 0.15) is 35.5 Å². The molecule has 1 atom stereocenters. The number of nitrogens with one attached hydrogen (secondary N) is 1. The van der Waals surface area contributed by atoms with E-state index >= 15 is 0 Å². The van der Waals surface area contributed by atoms with E-state index in [0.29, 0.717) is 28.9 Å². The number of aryl methyl sites for hydroxylation is 1. The van der Waals surface area contributed by atoms with Gasteiger partial charge in [0, 0.05) is 18.2 Å². The van der Waals surface area contributed by atoms with E-state index in [9.17, 15) is 19.5 Å². The summed E-state index contributed by atoms with van der Waals surface area (Å²) in [5.41, 5.74) is 2.52. The van der Waals surface area contributed by atoms with Gasteiger partial charge in [-0.3, -0.25) is 14.2 Å². The van der Waals surface area contributed by atoms with Crippen molar-refractivity contribution in [3.05, 3.63) is 107 Å². The number of aromatic nitrogens is 3. The maximum Gasteiger partial charge on any atom is 0.326 e. The second-order valence-electron chi connectivity index (χ2n) is 9.08. The lowest BCUT2D eigenvalue weighted by atomic mass is 10.1. The number of benzene rings is 3. The number of carbonyl (C=O) groups excluding carboxylic acids is 1. The molecule has 0 aliphatic heterocycles. The van der Waals surface area contributed by atoms with Crippen molar-refractivity contribution in [1.29, 1.82) is 0 Å². The third kappa shape index (κ3) is 5.60. The van der Waals surface area contributed by atoms with Crippen molar-refractivity contribution in [1.82, 2.24) is 20.1 Å². The predicted octanol–water partition coefficient (Wildman–Crippen LogP) is 3.79. The molecule has 2 N–H and O–H groups in total. The monoisotopic (exact) mass is 538 g/mol. The van der Waals surface area contributed by atoms with Crippen molar-refractivity contribution in [2.45, 2.75) is 25.8 Å². The fraction of sp³-hybridized carbons (Fsp3) is 0.167.